The van der Waals surface area contributed by atoms with Gasteiger partial charge < -0.3 is 115 Å². The number of ether oxygens (including phenoxy) is 2. The number of carbonyl (C=O) groups is 2. The lowest BCUT2D eigenvalue weighted by Gasteiger charge is -2.08. The summed E-state index contributed by atoms with van der Waals surface area (Å²) in [5.74, 6) is -2.28. The highest BCUT2D eigenvalue weighted by molar-refractivity contribution is 9.10. The maximum Gasteiger partial charge on any atom is 0.348 e. The maximum atomic E-state index is 14.1. The van der Waals surface area contributed by atoms with E-state index in [1.807, 2.05) is 155 Å². The van der Waals surface area contributed by atoms with Gasteiger partial charge in [0.15, 0.2) is 59.8 Å². The number of aromatic hydroxyl groups is 6. The van der Waals surface area contributed by atoms with Crippen molar-refractivity contribution in [1.82, 2.24) is 0 Å². The molecule has 0 saturated carbocycles. The molecule has 0 radical (unpaired) electrons. The Balaban J connectivity index is 0.000000248. The number of nitrogens with zero attached hydrogens (tertiary/aromatic N) is 6. The lowest BCUT2D eigenvalue weighted by atomic mass is 10.0. The molecule has 12 aromatic heterocycles. The van der Waals surface area contributed by atoms with Gasteiger partial charge in [0.2, 0.25) is 66.2 Å². The fourth-order valence-corrected chi connectivity index (χ4v) is 14.1. The van der Waals surface area contributed by atoms with Crippen LogP contribution in [-0.4, -0.2) is 55.8 Å². The van der Waals surface area contributed by atoms with Crippen molar-refractivity contribution in [2.45, 2.75) is 48.5 Å². The topological polar surface area (TPSA) is 199 Å². The molecule has 0 fully saturated rings. The first kappa shape index (κ1) is 96.6. The molecule has 0 amide bonds. The number of hydrogen-bond donors (Lipinski definition) is 6. The molecule has 0 spiro atoms. The van der Waals surface area contributed by atoms with Gasteiger partial charge in [0, 0.05) is 113 Å². The van der Waals surface area contributed by atoms with Crippen LogP contribution in [-0.2, 0) is 15.9 Å². The van der Waals surface area contributed by atoms with Crippen molar-refractivity contribution in [3.05, 3.63) is 322 Å². The van der Waals surface area contributed by atoms with Gasteiger partial charge >= 0.3 is 11.9 Å². The second-order valence-electron chi connectivity index (χ2n) is 24.8. The third kappa shape index (κ3) is 20.0. The summed E-state index contributed by atoms with van der Waals surface area (Å²) in [6.45, 7) is 5.84. The molecule has 0 aliphatic carbocycles. The molecule has 0 atom stereocenters. The largest absolute Gasteiger partial charge is 1.00 e. The highest BCUT2D eigenvalue weighted by Crippen LogP contribution is 2.36. The maximum absolute atomic E-state index is 14.1. The molecule has 0 unspecified atom stereocenters. The van der Waals surface area contributed by atoms with Crippen LogP contribution in [0.2, 0.25) is 10.0 Å². The lowest BCUT2D eigenvalue weighted by molar-refractivity contribution is -0.482. The number of para-hydroxylation sites is 1. The summed E-state index contributed by atoms with van der Waals surface area (Å²) >= 11 is 15.6. The van der Waals surface area contributed by atoms with Crippen LogP contribution < -0.4 is 101 Å². The van der Waals surface area contributed by atoms with Gasteiger partial charge in [-0.25, -0.2) is 22.8 Å². The van der Waals surface area contributed by atoms with Gasteiger partial charge in [-0.05, 0) is 123 Å². The molecule has 6 N–H and O–H groups in total. The third-order valence-electron chi connectivity index (χ3n) is 18.1. The first-order valence-electron chi connectivity index (χ1n) is 34.5. The zero-order chi connectivity index (χ0) is 76.7. The molecule has 18 aromatic rings. The van der Waals surface area contributed by atoms with Gasteiger partial charge in [-0.2, -0.15) is 26.4 Å². The Kier molecular flexibility index (Phi) is 35.3. The molecule has 6 aromatic carbocycles. The molecule has 606 valence electrons. The van der Waals surface area contributed by atoms with Gasteiger partial charge in [0.25, 0.3) is 0 Å². The van der Waals surface area contributed by atoms with Crippen LogP contribution in [0.3, 0.4) is 0 Å². The number of carbonyl (C=O) groups excluding carboxylic acids is 2. The minimum Gasteiger partial charge on any atom is -1.00 e. The van der Waals surface area contributed by atoms with Crippen LogP contribution in [0.15, 0.2) is 278 Å². The standard InChI is InChI=1S/C16H14ClNO.2C16H12FNO3.C13H8BrNO.C13H8ClNO.C13H8FNO.2CH4.6ClH/c1-2-6-11-14-9-3-4-10-18(14)15-12(16(11)19)7-5-8-13(15)17;1-2-21-16(20)14-12-7-3-4-9-18(12)11-8-5-6-10(17)13(11)15(14)19;1-2-21-16(20)14-13-5-3-4-8-18(13)12-7-6-10(17)9-11(12)15(14)19;2*14-9-4-5-12-11(7-9)13(16)8-10-3-1-2-6-15(10)12;14-9-4-5-11-12(7-9)15-6-2-1-3-10(15)8-13(11)16;;;;;;;;/h3-5,7-10H,2,6H2,1H3;2*3-9H,2H2,1H3;3*1-8H;2*1H4;6*1H. The smallest absolute Gasteiger partial charge is 0.348 e. The van der Waals surface area contributed by atoms with Crippen LogP contribution in [0, 0.1) is 17.5 Å². The number of rotatable bonds is 6. The number of fused-ring (bicyclic) bond motifs is 18. The summed E-state index contributed by atoms with van der Waals surface area (Å²) in [5.41, 5.74) is 10.3. The lowest BCUT2D eigenvalue weighted by Crippen LogP contribution is -3.00. The molecule has 12 heterocycles. The summed E-state index contributed by atoms with van der Waals surface area (Å²) < 4.78 is 63.0. The summed E-state index contributed by atoms with van der Waals surface area (Å²) in [5, 5.41) is 65.6. The van der Waals surface area contributed by atoms with E-state index in [0.717, 1.165) is 77.7 Å². The number of aromatic nitrogens is 6. The fraction of sp³-hybridized carbons (Fsp3) is 0.101. The van der Waals surface area contributed by atoms with Crippen LogP contribution in [0.5, 0.6) is 34.5 Å². The number of esters is 2. The molecular weight excluding hydrogens is 1730 g/mol. The monoisotopic (exact) mass is 1800 g/mol. The highest BCUT2D eigenvalue weighted by Gasteiger charge is 2.30. The Morgan fingerprint density at radius 3 is 1.35 bits per heavy atom. The van der Waals surface area contributed by atoms with Gasteiger partial charge in [-0.15, -0.1) is 0 Å². The number of aryl methyl sites for hydroxylation is 1. The Hall–Kier alpha value is -11.0. The zero-order valence-corrected chi connectivity index (χ0v) is 68.5. The van der Waals surface area contributed by atoms with Crippen molar-refractivity contribution in [3.63, 3.8) is 0 Å². The first-order chi connectivity index (χ1) is 52.8. The Morgan fingerprint density at radius 2 is 0.803 bits per heavy atom. The Bertz CT molecular complexity index is 6530. The zero-order valence-electron chi connectivity index (χ0n) is 60.8. The van der Waals surface area contributed by atoms with Gasteiger partial charge in [-0.3, -0.25) is 0 Å². The van der Waals surface area contributed by atoms with Gasteiger partial charge in [0.05, 0.1) is 63.9 Å². The Morgan fingerprint density at radius 1 is 0.376 bits per heavy atom. The molecule has 0 aliphatic rings. The molecule has 18 rings (SSSR count). The van der Waals surface area contributed by atoms with E-state index >= 15 is 0 Å². The average molecular weight is 1810 g/mol. The van der Waals surface area contributed by atoms with E-state index < -0.39 is 29.3 Å². The summed E-state index contributed by atoms with van der Waals surface area (Å²) in [7, 11) is 0. The molecule has 0 saturated heterocycles. The van der Waals surface area contributed by atoms with E-state index in [2.05, 4.69) is 31.7 Å². The minimum absolute atomic E-state index is 0. The van der Waals surface area contributed by atoms with Gasteiger partial charge in [0.1, 0.15) is 50.9 Å². The predicted molar refractivity (Wildman–Crippen MR) is 430 cm³/mol. The van der Waals surface area contributed by atoms with Crippen molar-refractivity contribution in [3.8, 4) is 34.5 Å². The third-order valence-corrected chi connectivity index (χ3v) is 19.1. The van der Waals surface area contributed by atoms with Crippen molar-refractivity contribution in [2.75, 3.05) is 13.2 Å². The highest BCUT2D eigenvalue weighted by atomic mass is 79.9. The predicted octanol–water partition coefficient (Wildman–Crippen LogP) is 0.793. The van der Waals surface area contributed by atoms with E-state index in [1.165, 1.54) is 30.3 Å². The number of halogens is 12. The quantitative estimate of drug-likeness (QED) is 0.0788. The summed E-state index contributed by atoms with van der Waals surface area (Å²) in [6.07, 6.45) is 13.1. The van der Waals surface area contributed by atoms with E-state index in [1.54, 1.807) is 120 Å². The van der Waals surface area contributed by atoms with Gasteiger partial charge in [-0.1, -0.05) is 79.5 Å². The van der Waals surface area contributed by atoms with E-state index in [-0.39, 0.29) is 147 Å². The Labute approximate surface area is 726 Å². The SMILES string of the molecule is C.C.CCCc1c(O)c2cccc(Cl)c2[n+]2ccccc12.CCOC(=O)c1c(O)c2c(F)cccc2[n+]2ccccc12.CCOC(=O)c1c(O)c2cc(F)ccc2[n+]2ccccc12.Oc1cc2cccc[n+]2c2cc(F)ccc12.Oc1cc2cccc[n+]2c2ccc(Br)cc12.Oc1cc2cccc[n+]2c2ccc(Cl)cc12.[Cl-].[Cl-].[Cl-].[Cl-].[Cl-].[Cl-]. The normalized spacial score (nSPS) is 10.3. The van der Waals surface area contributed by atoms with E-state index in [0.29, 0.717) is 54.5 Å². The molecule has 0 bridgehead atoms. The van der Waals surface area contributed by atoms with Crippen LogP contribution in [0.4, 0.5) is 13.2 Å². The van der Waals surface area contributed by atoms with E-state index in [4.69, 9.17) is 32.7 Å². The first-order valence-corrected chi connectivity index (χ1v) is 36.0. The van der Waals surface area contributed by atoms with Crippen LogP contribution in [0.25, 0.3) is 98.5 Å². The molecule has 16 nitrogen and oxygen atoms in total. The minimum atomic E-state index is -0.677. The fourth-order valence-electron chi connectivity index (χ4n) is 13.3. The van der Waals surface area contributed by atoms with Crippen molar-refractivity contribution in [2.24, 2.45) is 0 Å². The number of benzene rings is 6. The molecule has 28 heteroatoms. The van der Waals surface area contributed by atoms with E-state index in [9.17, 15) is 53.4 Å². The number of hydrogen-bond acceptors (Lipinski definition) is 10. The number of pyridine rings is 12. The van der Waals surface area contributed by atoms with Crippen LogP contribution in [0.1, 0.15) is 68.3 Å². The van der Waals surface area contributed by atoms with Crippen LogP contribution >= 0.6 is 39.1 Å². The second kappa shape index (κ2) is 42.7. The van der Waals surface area contributed by atoms with Crippen molar-refractivity contribution in [1.29, 1.82) is 0 Å². The molecule has 117 heavy (non-hydrogen) atoms. The van der Waals surface area contributed by atoms with Crippen molar-refractivity contribution >= 4 is 150 Å². The molecule has 0 aliphatic heterocycles. The second-order valence-corrected chi connectivity index (χ2v) is 26.6. The summed E-state index contributed by atoms with van der Waals surface area (Å²) in [4.78, 5) is 24.2. The molecular formula is C89H76BrCl8F3N6O10. The summed E-state index contributed by atoms with van der Waals surface area (Å²) in [6, 6.07) is 68.9. The average Bonchev–Trinajstić information content (AvgIpc) is 0.745. The van der Waals surface area contributed by atoms with Crippen molar-refractivity contribution < 1.29 is 164 Å².